The van der Waals surface area contributed by atoms with E-state index < -0.39 is 6.09 Å². The van der Waals surface area contributed by atoms with E-state index in [0.29, 0.717) is 13.0 Å². The van der Waals surface area contributed by atoms with Gasteiger partial charge in [0.1, 0.15) is 6.61 Å². The van der Waals surface area contributed by atoms with Gasteiger partial charge in [-0.2, -0.15) is 0 Å². The van der Waals surface area contributed by atoms with E-state index in [0.717, 1.165) is 5.56 Å². The second-order valence-corrected chi connectivity index (χ2v) is 4.75. The third-order valence-electron chi connectivity index (χ3n) is 3.25. The molecule has 1 amide bonds. The van der Waals surface area contributed by atoms with Crippen LogP contribution in [0, 0.1) is 5.92 Å². The Kier molecular flexibility index (Phi) is 5.37. The molecule has 0 saturated carbocycles. The predicted molar refractivity (Wildman–Crippen MR) is 77.4 cm³/mol. The molecule has 0 aliphatic heterocycles. The molecule has 0 aromatic heterocycles. The lowest BCUT2D eigenvalue weighted by Gasteiger charge is -2.18. The summed E-state index contributed by atoms with van der Waals surface area (Å²) in [7, 11) is 0. The summed E-state index contributed by atoms with van der Waals surface area (Å²) in [4.78, 5) is 23.5. The molecule has 0 radical (unpaired) electrons. The van der Waals surface area contributed by atoms with E-state index in [2.05, 4.69) is 5.32 Å². The zero-order valence-electron chi connectivity index (χ0n) is 12.0. The van der Waals surface area contributed by atoms with Crippen molar-refractivity contribution in [1.82, 2.24) is 5.32 Å². The fourth-order valence-electron chi connectivity index (χ4n) is 2.19. The minimum atomic E-state index is -0.537. The van der Waals surface area contributed by atoms with Crippen molar-refractivity contribution in [2.24, 2.45) is 5.92 Å². The van der Waals surface area contributed by atoms with Crippen molar-refractivity contribution in [1.29, 1.82) is 0 Å². The summed E-state index contributed by atoms with van der Waals surface area (Å²) in [5.41, 5.74) is 0.913. The van der Waals surface area contributed by atoms with Crippen LogP contribution in [0.15, 0.2) is 42.5 Å². The van der Waals surface area contributed by atoms with Crippen molar-refractivity contribution in [3.63, 3.8) is 0 Å². The Hall–Kier alpha value is -2.30. The second-order valence-electron chi connectivity index (χ2n) is 4.75. The summed E-state index contributed by atoms with van der Waals surface area (Å²) < 4.78 is 10.1. The van der Waals surface area contributed by atoms with E-state index in [4.69, 9.17) is 9.47 Å². The largest absolute Gasteiger partial charge is 0.466 e. The molecule has 112 valence electrons. The number of hydrogen-bond donors (Lipinski definition) is 1. The molecule has 1 N–H and O–H groups in total. The maximum absolute atomic E-state index is 11.8. The van der Waals surface area contributed by atoms with Crippen LogP contribution >= 0.6 is 0 Å². The first-order valence-corrected chi connectivity index (χ1v) is 7.01. The molecule has 0 saturated heterocycles. The molecule has 0 fully saturated rings. The standard InChI is InChI=1S/C16H19NO4/c1-2-20-15(18)13-9-6-10-14(13)17-16(19)21-11-12-7-4-3-5-8-12/h3-8,10,13-14H,2,9,11H2,1H3,(H,17,19)/t13-,14?/m1/s1. The van der Waals surface area contributed by atoms with Crippen LogP contribution in [0.3, 0.4) is 0 Å². The smallest absolute Gasteiger partial charge is 0.407 e. The van der Waals surface area contributed by atoms with Crippen LogP contribution in [0.4, 0.5) is 4.79 Å². The highest BCUT2D eigenvalue weighted by molar-refractivity contribution is 5.76. The molecule has 0 heterocycles. The first kappa shape index (κ1) is 15.1. The molecule has 0 bridgehead atoms. The number of esters is 1. The van der Waals surface area contributed by atoms with Gasteiger partial charge in [0, 0.05) is 0 Å². The molecule has 1 aromatic rings. The molecule has 1 aliphatic carbocycles. The van der Waals surface area contributed by atoms with Gasteiger partial charge >= 0.3 is 12.1 Å². The highest BCUT2D eigenvalue weighted by atomic mass is 16.5. The molecule has 1 unspecified atom stereocenters. The minimum absolute atomic E-state index is 0.202. The Morgan fingerprint density at radius 2 is 2.00 bits per heavy atom. The summed E-state index contributed by atoms with van der Waals surface area (Å²) in [6.45, 7) is 2.30. The minimum Gasteiger partial charge on any atom is -0.466 e. The first-order chi connectivity index (χ1) is 10.2. The van der Waals surface area contributed by atoms with Gasteiger partial charge in [-0.15, -0.1) is 0 Å². The average molecular weight is 289 g/mol. The Balaban J connectivity index is 1.81. The fraction of sp³-hybridized carbons (Fsp3) is 0.375. The fourth-order valence-corrected chi connectivity index (χ4v) is 2.19. The Morgan fingerprint density at radius 1 is 1.24 bits per heavy atom. The van der Waals surface area contributed by atoms with Crippen LogP contribution in [0.1, 0.15) is 18.9 Å². The number of alkyl carbamates (subject to hydrolysis) is 1. The third-order valence-corrected chi connectivity index (χ3v) is 3.25. The van der Waals surface area contributed by atoms with Gasteiger partial charge in [0.25, 0.3) is 0 Å². The van der Waals surface area contributed by atoms with Crippen molar-refractivity contribution >= 4 is 12.1 Å². The molecule has 1 aliphatic rings. The van der Waals surface area contributed by atoms with Gasteiger partial charge in [-0.3, -0.25) is 4.79 Å². The van der Waals surface area contributed by atoms with E-state index in [9.17, 15) is 9.59 Å². The van der Waals surface area contributed by atoms with E-state index in [1.807, 2.05) is 36.4 Å². The van der Waals surface area contributed by atoms with Gasteiger partial charge in [0.05, 0.1) is 18.6 Å². The maximum atomic E-state index is 11.8. The van der Waals surface area contributed by atoms with Crippen LogP contribution in [0.25, 0.3) is 0 Å². The topological polar surface area (TPSA) is 64.6 Å². The summed E-state index contributed by atoms with van der Waals surface area (Å²) in [5, 5.41) is 2.69. The van der Waals surface area contributed by atoms with Crippen molar-refractivity contribution in [2.45, 2.75) is 26.0 Å². The molecule has 0 spiro atoms. The molecule has 5 heteroatoms. The first-order valence-electron chi connectivity index (χ1n) is 7.01. The van der Waals surface area contributed by atoms with E-state index in [1.54, 1.807) is 13.0 Å². The van der Waals surface area contributed by atoms with Crippen LogP contribution in [0.5, 0.6) is 0 Å². The van der Waals surface area contributed by atoms with Gasteiger partial charge in [0.2, 0.25) is 0 Å². The van der Waals surface area contributed by atoms with Crippen molar-refractivity contribution in [2.75, 3.05) is 6.61 Å². The van der Waals surface area contributed by atoms with Crippen LogP contribution in [-0.2, 0) is 20.9 Å². The number of carbonyl (C=O) groups is 2. The lowest BCUT2D eigenvalue weighted by atomic mass is 10.0. The molecular weight excluding hydrogens is 270 g/mol. The Morgan fingerprint density at radius 3 is 2.71 bits per heavy atom. The molecular formula is C16H19NO4. The van der Waals surface area contributed by atoms with Gasteiger partial charge < -0.3 is 14.8 Å². The van der Waals surface area contributed by atoms with Crippen LogP contribution < -0.4 is 5.32 Å². The number of rotatable bonds is 5. The van der Waals surface area contributed by atoms with Gasteiger partial charge in [0.15, 0.2) is 0 Å². The molecule has 5 nitrogen and oxygen atoms in total. The lowest BCUT2D eigenvalue weighted by Crippen LogP contribution is -2.40. The van der Waals surface area contributed by atoms with E-state index in [1.165, 1.54) is 0 Å². The Bertz CT molecular complexity index is 512. The van der Waals surface area contributed by atoms with Gasteiger partial charge in [-0.05, 0) is 18.9 Å². The summed E-state index contributed by atoms with van der Waals surface area (Å²) in [6, 6.07) is 9.05. The molecule has 2 rings (SSSR count). The number of ether oxygens (including phenoxy) is 2. The van der Waals surface area contributed by atoms with E-state index >= 15 is 0 Å². The van der Waals surface area contributed by atoms with E-state index in [-0.39, 0.29) is 24.5 Å². The molecule has 21 heavy (non-hydrogen) atoms. The number of benzene rings is 1. The zero-order valence-corrected chi connectivity index (χ0v) is 12.0. The second kappa shape index (κ2) is 7.47. The van der Waals surface area contributed by atoms with Crippen LogP contribution in [-0.4, -0.2) is 24.7 Å². The zero-order chi connectivity index (χ0) is 15.1. The number of nitrogens with one attached hydrogen (secondary N) is 1. The van der Waals surface area contributed by atoms with Crippen molar-refractivity contribution < 1.29 is 19.1 Å². The van der Waals surface area contributed by atoms with Crippen LogP contribution in [0.2, 0.25) is 0 Å². The third kappa shape index (κ3) is 4.34. The molecule has 1 aromatic carbocycles. The summed E-state index contributed by atoms with van der Waals surface area (Å²) in [6.07, 6.45) is 3.70. The summed E-state index contributed by atoms with van der Waals surface area (Å²) in [5.74, 6) is -0.662. The number of carbonyl (C=O) groups excluding carboxylic acids is 2. The Labute approximate surface area is 123 Å². The lowest BCUT2D eigenvalue weighted by molar-refractivity contribution is -0.148. The quantitative estimate of drug-likeness (QED) is 0.668. The SMILES string of the molecule is CCOC(=O)[C@@H]1CC=CC1NC(=O)OCc1ccccc1. The number of allylic oxidation sites excluding steroid dienone is 1. The van der Waals surface area contributed by atoms with Gasteiger partial charge in [-0.1, -0.05) is 42.5 Å². The number of amides is 1. The van der Waals surface area contributed by atoms with Crippen molar-refractivity contribution in [3.05, 3.63) is 48.0 Å². The normalized spacial score (nSPS) is 20.0. The van der Waals surface area contributed by atoms with Gasteiger partial charge in [-0.25, -0.2) is 4.79 Å². The summed E-state index contributed by atoms with van der Waals surface area (Å²) >= 11 is 0. The maximum Gasteiger partial charge on any atom is 0.407 e. The highest BCUT2D eigenvalue weighted by Gasteiger charge is 2.31. The average Bonchev–Trinajstić information content (AvgIpc) is 2.95. The predicted octanol–water partition coefficient (Wildman–Crippen LogP) is 2.42. The highest BCUT2D eigenvalue weighted by Crippen LogP contribution is 2.20. The molecule has 2 atom stereocenters. The number of hydrogen-bond acceptors (Lipinski definition) is 4. The monoisotopic (exact) mass is 289 g/mol. The van der Waals surface area contributed by atoms with Crippen molar-refractivity contribution in [3.8, 4) is 0 Å².